The third kappa shape index (κ3) is 3.06. The number of rotatable bonds is 1. The van der Waals surface area contributed by atoms with Gasteiger partial charge in [0, 0.05) is 0 Å². The highest BCUT2D eigenvalue weighted by Crippen LogP contribution is 2.43. The molecule has 0 aromatic heterocycles. The van der Waals surface area contributed by atoms with Crippen molar-refractivity contribution in [3.63, 3.8) is 0 Å². The van der Waals surface area contributed by atoms with E-state index in [9.17, 15) is 4.57 Å². The molecule has 0 saturated heterocycles. The predicted molar refractivity (Wildman–Crippen MR) is 31.3 cm³/mol. The van der Waals surface area contributed by atoms with Crippen LogP contribution in [-0.2, 0) is 4.57 Å². The van der Waals surface area contributed by atoms with E-state index in [0.717, 1.165) is 0 Å². The normalized spacial score (nSPS) is 19.6. The summed E-state index contributed by atoms with van der Waals surface area (Å²) in [7, 11) is 3.13. The zero-order valence-corrected chi connectivity index (χ0v) is 5.91. The van der Waals surface area contributed by atoms with E-state index in [4.69, 9.17) is 16.7 Å². The van der Waals surface area contributed by atoms with Crippen LogP contribution in [-0.4, -0.2) is 18.8 Å². The van der Waals surface area contributed by atoms with Gasteiger partial charge in [-0.3, -0.25) is 10.1 Å². The maximum atomic E-state index is 10.4. The van der Waals surface area contributed by atoms with Crippen LogP contribution in [0.2, 0.25) is 0 Å². The smallest absolute Gasteiger partial charge is 0.271 e. The standard InChI is InChI=1S/C2H8ClN2OP/c1-5(2)7(3,4)6/h1-2H3,(H2,4,6). The molecule has 3 nitrogen and oxygen atoms in total. The Bertz CT molecular complexity index is 97.9. The van der Waals surface area contributed by atoms with Crippen LogP contribution in [0, 0.1) is 0 Å². The first-order chi connectivity index (χ1) is 2.94. The van der Waals surface area contributed by atoms with Crippen molar-refractivity contribution in [3.8, 4) is 0 Å². The molecule has 0 fully saturated rings. The average molecular weight is 143 g/mol. The minimum absolute atomic E-state index is 1.29. The monoisotopic (exact) mass is 142 g/mol. The summed E-state index contributed by atoms with van der Waals surface area (Å²) in [6.07, 6.45) is 0. The van der Waals surface area contributed by atoms with Crippen LogP contribution in [0.1, 0.15) is 0 Å². The summed E-state index contributed by atoms with van der Waals surface area (Å²) in [6, 6.07) is 0. The first-order valence-corrected chi connectivity index (χ1v) is 4.34. The van der Waals surface area contributed by atoms with E-state index in [1.807, 2.05) is 0 Å². The fourth-order valence-electron chi connectivity index (χ4n) is 0. The second-order valence-corrected chi connectivity index (χ2v) is 4.73. The van der Waals surface area contributed by atoms with Gasteiger partial charge in [0.1, 0.15) is 0 Å². The Morgan fingerprint density at radius 3 is 1.86 bits per heavy atom. The number of nitrogens with two attached hydrogens (primary N) is 1. The van der Waals surface area contributed by atoms with E-state index < -0.39 is 6.80 Å². The zero-order chi connectivity index (χ0) is 6.08. The Morgan fingerprint density at radius 1 is 1.71 bits per heavy atom. The predicted octanol–water partition coefficient (Wildman–Crippen LogP) is 0.854. The summed E-state index contributed by atoms with van der Waals surface area (Å²) in [4.78, 5) is 0. The summed E-state index contributed by atoms with van der Waals surface area (Å²) in [6.45, 7) is -2.93. The molecule has 7 heavy (non-hydrogen) atoms. The van der Waals surface area contributed by atoms with E-state index in [2.05, 4.69) is 0 Å². The fraction of sp³-hybridized carbons (Fsp3) is 1.00. The second kappa shape index (κ2) is 2.14. The molecule has 1 unspecified atom stereocenters. The molecule has 0 rings (SSSR count). The van der Waals surface area contributed by atoms with Crippen molar-refractivity contribution in [2.45, 2.75) is 0 Å². The van der Waals surface area contributed by atoms with E-state index in [1.54, 1.807) is 14.1 Å². The molecule has 0 amide bonds. The van der Waals surface area contributed by atoms with E-state index in [-0.39, 0.29) is 0 Å². The molecule has 0 saturated carbocycles. The molecule has 0 aromatic carbocycles. The van der Waals surface area contributed by atoms with Gasteiger partial charge in [0.05, 0.1) is 0 Å². The third-order valence-corrected chi connectivity index (χ3v) is 2.54. The van der Waals surface area contributed by atoms with Crippen molar-refractivity contribution in [3.05, 3.63) is 0 Å². The highest BCUT2D eigenvalue weighted by Gasteiger charge is 2.11. The topological polar surface area (TPSA) is 46.3 Å². The van der Waals surface area contributed by atoms with E-state index >= 15 is 0 Å². The molecular weight excluding hydrogens is 134 g/mol. The number of nitrogens with zero attached hydrogens (tertiary/aromatic N) is 1. The lowest BCUT2D eigenvalue weighted by atomic mass is 11.3. The molecule has 5 heteroatoms. The number of halogens is 1. The Labute approximate surface area is 47.7 Å². The van der Waals surface area contributed by atoms with E-state index in [0.29, 0.717) is 0 Å². The van der Waals surface area contributed by atoms with Crippen LogP contribution in [0.3, 0.4) is 0 Å². The Kier molecular flexibility index (Phi) is 2.27. The highest BCUT2D eigenvalue weighted by molar-refractivity contribution is 7.85. The van der Waals surface area contributed by atoms with Crippen molar-refractivity contribution < 1.29 is 4.57 Å². The van der Waals surface area contributed by atoms with Gasteiger partial charge < -0.3 is 0 Å². The largest absolute Gasteiger partial charge is 0.298 e. The van der Waals surface area contributed by atoms with Gasteiger partial charge in [-0.25, -0.2) is 4.67 Å². The van der Waals surface area contributed by atoms with Crippen LogP contribution in [0.4, 0.5) is 0 Å². The van der Waals surface area contributed by atoms with Crippen LogP contribution in [0.5, 0.6) is 0 Å². The Morgan fingerprint density at radius 2 is 1.86 bits per heavy atom. The van der Waals surface area contributed by atoms with Crippen molar-refractivity contribution in [2.75, 3.05) is 14.1 Å². The molecule has 0 spiro atoms. The van der Waals surface area contributed by atoms with Crippen molar-refractivity contribution >= 4 is 18.0 Å². The Balaban J connectivity index is 3.80. The van der Waals surface area contributed by atoms with Crippen LogP contribution >= 0.6 is 18.0 Å². The van der Waals surface area contributed by atoms with Gasteiger partial charge in [0.2, 0.25) is 0 Å². The first kappa shape index (κ1) is 7.44. The molecule has 2 N–H and O–H groups in total. The van der Waals surface area contributed by atoms with Gasteiger partial charge in [-0.2, -0.15) is 0 Å². The molecule has 0 aromatic rings. The molecule has 1 atom stereocenters. The maximum Gasteiger partial charge on any atom is 0.298 e. The zero-order valence-electron chi connectivity index (χ0n) is 4.26. The van der Waals surface area contributed by atoms with Gasteiger partial charge in [-0.1, -0.05) is 0 Å². The second-order valence-electron chi connectivity index (χ2n) is 1.39. The highest BCUT2D eigenvalue weighted by atomic mass is 35.7. The quantitative estimate of drug-likeness (QED) is 0.553. The van der Waals surface area contributed by atoms with Crippen molar-refractivity contribution in [1.82, 2.24) is 4.67 Å². The van der Waals surface area contributed by atoms with Gasteiger partial charge in [0.15, 0.2) is 0 Å². The van der Waals surface area contributed by atoms with Gasteiger partial charge in [-0.15, -0.1) is 0 Å². The molecule has 0 radical (unpaired) electrons. The van der Waals surface area contributed by atoms with Crippen LogP contribution in [0.15, 0.2) is 0 Å². The average Bonchev–Trinajstić information content (AvgIpc) is 1.31. The Hall–Kier alpha value is 0.440. The first-order valence-electron chi connectivity index (χ1n) is 1.70. The molecule has 0 bridgehead atoms. The summed E-state index contributed by atoms with van der Waals surface area (Å²) in [5.74, 6) is 0. The maximum absolute atomic E-state index is 10.4. The number of hydrogen-bond acceptors (Lipinski definition) is 1. The molecule has 0 aliphatic rings. The van der Waals surface area contributed by atoms with Crippen molar-refractivity contribution in [1.29, 1.82) is 0 Å². The summed E-state index contributed by atoms with van der Waals surface area (Å²) in [5.41, 5.74) is 4.93. The van der Waals surface area contributed by atoms with Crippen LogP contribution in [0.25, 0.3) is 0 Å². The lowest BCUT2D eigenvalue weighted by Crippen LogP contribution is -2.09. The van der Waals surface area contributed by atoms with Gasteiger partial charge >= 0.3 is 0 Å². The van der Waals surface area contributed by atoms with Gasteiger partial charge in [-0.05, 0) is 25.3 Å². The van der Waals surface area contributed by atoms with Crippen molar-refractivity contribution in [2.24, 2.45) is 5.50 Å². The molecule has 44 valence electrons. The van der Waals surface area contributed by atoms with Crippen LogP contribution < -0.4 is 5.50 Å². The minimum Gasteiger partial charge on any atom is -0.271 e. The van der Waals surface area contributed by atoms with E-state index in [1.165, 1.54) is 4.67 Å². The number of hydrogen-bond donors (Lipinski definition) is 1. The molecule has 0 aliphatic heterocycles. The fourth-order valence-corrected chi connectivity index (χ4v) is 0. The SMILES string of the molecule is CN(C)P(N)(=O)Cl. The molecule has 0 heterocycles. The minimum atomic E-state index is -2.93. The van der Waals surface area contributed by atoms with Gasteiger partial charge in [0.25, 0.3) is 6.80 Å². The molecule has 0 aliphatic carbocycles. The molecular formula is C2H8ClN2OP. The lowest BCUT2D eigenvalue weighted by molar-refractivity contribution is 0.530. The summed E-state index contributed by atoms with van der Waals surface area (Å²) in [5, 5.41) is 0. The summed E-state index contributed by atoms with van der Waals surface area (Å²) < 4.78 is 11.7. The summed E-state index contributed by atoms with van der Waals surface area (Å²) >= 11 is 5.13. The lowest BCUT2D eigenvalue weighted by Gasteiger charge is -2.10. The third-order valence-electron chi connectivity index (χ3n) is 0.545.